The first-order valence-corrected chi connectivity index (χ1v) is 9.78. The van der Waals surface area contributed by atoms with E-state index in [-0.39, 0.29) is 6.10 Å². The molecule has 0 aliphatic rings. The summed E-state index contributed by atoms with van der Waals surface area (Å²) in [6.07, 6.45) is 1.84. The van der Waals surface area contributed by atoms with E-state index >= 15 is 0 Å². The van der Waals surface area contributed by atoms with Crippen molar-refractivity contribution in [2.24, 2.45) is 0 Å². The van der Waals surface area contributed by atoms with Gasteiger partial charge in [-0.3, -0.25) is 0 Å². The Labute approximate surface area is 168 Å². The van der Waals surface area contributed by atoms with Crippen LogP contribution in [-0.4, -0.2) is 20.6 Å². The summed E-state index contributed by atoms with van der Waals surface area (Å²) in [6.45, 7) is 3.35. The molecule has 0 bridgehead atoms. The van der Waals surface area contributed by atoms with Crippen LogP contribution in [0.2, 0.25) is 0 Å². The predicted octanol–water partition coefficient (Wildman–Crippen LogP) is 4.93. The SMILES string of the molecule is CC(Cn1cnc2c(N)nc3ccccc3c21)OCc1cccc2ccccc12. The highest BCUT2D eigenvalue weighted by Gasteiger charge is 2.14. The number of fused-ring (bicyclic) bond motifs is 4. The molecule has 2 aromatic heterocycles. The zero-order chi connectivity index (χ0) is 19.8. The maximum atomic E-state index is 6.21. The number of nitrogens with zero attached hydrogens (tertiary/aromatic N) is 3. The summed E-state index contributed by atoms with van der Waals surface area (Å²) in [5.74, 6) is 0.460. The van der Waals surface area contributed by atoms with Gasteiger partial charge in [-0.1, -0.05) is 60.7 Å². The second-order valence-corrected chi connectivity index (χ2v) is 7.37. The molecule has 5 rings (SSSR count). The molecule has 29 heavy (non-hydrogen) atoms. The van der Waals surface area contributed by atoms with E-state index in [4.69, 9.17) is 10.5 Å². The van der Waals surface area contributed by atoms with Gasteiger partial charge in [0.15, 0.2) is 5.82 Å². The Morgan fingerprint density at radius 3 is 2.62 bits per heavy atom. The van der Waals surface area contributed by atoms with Gasteiger partial charge in [-0.25, -0.2) is 9.97 Å². The number of rotatable bonds is 5. The van der Waals surface area contributed by atoms with Gasteiger partial charge in [-0.2, -0.15) is 0 Å². The van der Waals surface area contributed by atoms with Gasteiger partial charge in [-0.15, -0.1) is 0 Å². The van der Waals surface area contributed by atoms with Crippen LogP contribution in [0.15, 0.2) is 73.1 Å². The Bertz CT molecular complexity index is 1320. The molecule has 0 saturated carbocycles. The van der Waals surface area contributed by atoms with Crippen LogP contribution in [-0.2, 0) is 17.9 Å². The van der Waals surface area contributed by atoms with E-state index in [1.54, 1.807) is 0 Å². The zero-order valence-corrected chi connectivity index (χ0v) is 16.2. The van der Waals surface area contributed by atoms with Crippen LogP contribution in [0.25, 0.3) is 32.7 Å². The fourth-order valence-electron chi connectivity index (χ4n) is 3.92. The molecule has 2 heterocycles. The molecule has 0 aliphatic heterocycles. The van der Waals surface area contributed by atoms with Crippen molar-refractivity contribution in [3.63, 3.8) is 0 Å². The molecule has 0 spiro atoms. The lowest BCUT2D eigenvalue weighted by atomic mass is 10.1. The third-order valence-corrected chi connectivity index (χ3v) is 5.34. The second kappa shape index (κ2) is 7.18. The summed E-state index contributed by atoms with van der Waals surface area (Å²) in [5.41, 5.74) is 9.96. The first kappa shape index (κ1) is 17.6. The van der Waals surface area contributed by atoms with Crippen molar-refractivity contribution in [3.8, 4) is 0 Å². The molecular weight excluding hydrogens is 360 g/mol. The number of para-hydroxylation sites is 1. The van der Waals surface area contributed by atoms with Crippen molar-refractivity contribution in [2.75, 3.05) is 5.73 Å². The summed E-state index contributed by atoms with van der Waals surface area (Å²) < 4.78 is 8.32. The number of nitrogen functional groups attached to an aromatic ring is 1. The second-order valence-electron chi connectivity index (χ2n) is 7.37. The van der Waals surface area contributed by atoms with Crippen molar-refractivity contribution in [1.29, 1.82) is 0 Å². The summed E-state index contributed by atoms with van der Waals surface area (Å²) in [5, 5.41) is 3.52. The van der Waals surface area contributed by atoms with Gasteiger partial charge in [-0.05, 0) is 29.3 Å². The van der Waals surface area contributed by atoms with Gasteiger partial charge in [0.1, 0.15) is 5.52 Å². The number of benzene rings is 3. The predicted molar refractivity (Wildman–Crippen MR) is 118 cm³/mol. The lowest BCUT2D eigenvalue weighted by Gasteiger charge is -2.16. The average molecular weight is 382 g/mol. The highest BCUT2D eigenvalue weighted by molar-refractivity contribution is 6.06. The Kier molecular flexibility index (Phi) is 4.37. The minimum atomic E-state index is 0.0134. The van der Waals surface area contributed by atoms with Crippen LogP contribution in [0.5, 0.6) is 0 Å². The van der Waals surface area contributed by atoms with E-state index < -0.39 is 0 Å². The number of anilines is 1. The Morgan fingerprint density at radius 2 is 1.72 bits per heavy atom. The van der Waals surface area contributed by atoms with E-state index in [0.29, 0.717) is 19.0 Å². The van der Waals surface area contributed by atoms with Gasteiger partial charge in [0.05, 0.1) is 36.6 Å². The van der Waals surface area contributed by atoms with Crippen molar-refractivity contribution >= 4 is 38.5 Å². The third kappa shape index (κ3) is 3.19. The van der Waals surface area contributed by atoms with E-state index in [0.717, 1.165) is 21.9 Å². The molecule has 0 amide bonds. The Morgan fingerprint density at radius 1 is 0.966 bits per heavy atom. The molecule has 5 nitrogen and oxygen atoms in total. The summed E-state index contributed by atoms with van der Waals surface area (Å²) in [6, 6.07) is 22.7. The summed E-state index contributed by atoms with van der Waals surface area (Å²) >= 11 is 0. The smallest absolute Gasteiger partial charge is 0.152 e. The minimum Gasteiger partial charge on any atom is -0.382 e. The van der Waals surface area contributed by atoms with Crippen molar-refractivity contribution < 1.29 is 4.74 Å². The number of pyridine rings is 1. The summed E-state index contributed by atoms with van der Waals surface area (Å²) in [4.78, 5) is 8.97. The normalized spacial score (nSPS) is 12.7. The van der Waals surface area contributed by atoms with E-state index in [2.05, 4.69) is 70.0 Å². The van der Waals surface area contributed by atoms with Crippen LogP contribution in [0.3, 0.4) is 0 Å². The number of hydrogen-bond donors (Lipinski definition) is 1. The molecule has 5 aromatic rings. The van der Waals surface area contributed by atoms with Crippen LogP contribution in [0.1, 0.15) is 12.5 Å². The Hall–Kier alpha value is -3.44. The van der Waals surface area contributed by atoms with Gasteiger partial charge >= 0.3 is 0 Å². The highest BCUT2D eigenvalue weighted by Crippen LogP contribution is 2.27. The molecule has 3 aromatic carbocycles. The number of imidazole rings is 1. The fourth-order valence-corrected chi connectivity index (χ4v) is 3.92. The monoisotopic (exact) mass is 382 g/mol. The molecule has 0 radical (unpaired) electrons. The van der Waals surface area contributed by atoms with Gasteiger partial charge in [0, 0.05) is 5.39 Å². The first-order chi connectivity index (χ1) is 14.2. The molecule has 5 heteroatoms. The molecule has 2 N–H and O–H groups in total. The van der Waals surface area contributed by atoms with Crippen molar-refractivity contribution in [1.82, 2.24) is 14.5 Å². The minimum absolute atomic E-state index is 0.0134. The lowest BCUT2D eigenvalue weighted by molar-refractivity contribution is 0.0432. The van der Waals surface area contributed by atoms with Crippen LogP contribution >= 0.6 is 0 Å². The fraction of sp³-hybridized carbons (Fsp3) is 0.167. The topological polar surface area (TPSA) is 66.0 Å². The van der Waals surface area contributed by atoms with Gasteiger partial charge in [0.25, 0.3) is 0 Å². The number of aromatic nitrogens is 3. The van der Waals surface area contributed by atoms with E-state index in [1.165, 1.54) is 16.3 Å². The lowest BCUT2D eigenvalue weighted by Crippen LogP contribution is -2.16. The van der Waals surface area contributed by atoms with Crippen LogP contribution < -0.4 is 5.73 Å². The zero-order valence-electron chi connectivity index (χ0n) is 16.2. The maximum absolute atomic E-state index is 6.21. The molecule has 144 valence electrons. The van der Waals surface area contributed by atoms with Crippen molar-refractivity contribution in [3.05, 3.63) is 78.6 Å². The van der Waals surface area contributed by atoms with E-state index in [1.807, 2.05) is 24.5 Å². The Balaban J connectivity index is 1.41. The van der Waals surface area contributed by atoms with Crippen LogP contribution in [0.4, 0.5) is 5.82 Å². The molecule has 0 fully saturated rings. The third-order valence-electron chi connectivity index (χ3n) is 5.34. The van der Waals surface area contributed by atoms with Crippen molar-refractivity contribution in [2.45, 2.75) is 26.2 Å². The van der Waals surface area contributed by atoms with Gasteiger partial charge in [0.2, 0.25) is 0 Å². The molecule has 1 unspecified atom stereocenters. The maximum Gasteiger partial charge on any atom is 0.152 e. The average Bonchev–Trinajstić information content (AvgIpc) is 3.17. The number of hydrogen-bond acceptors (Lipinski definition) is 4. The molecule has 0 saturated heterocycles. The van der Waals surface area contributed by atoms with Crippen LogP contribution in [0, 0.1) is 0 Å². The van der Waals surface area contributed by atoms with Gasteiger partial charge < -0.3 is 15.0 Å². The molecule has 0 aliphatic carbocycles. The molecular formula is C24H22N4O. The standard InChI is InChI=1S/C24H22N4O/c1-16(29-14-18-9-6-8-17-7-2-3-10-19(17)18)13-28-15-26-22-23(28)20-11-4-5-12-21(20)27-24(22)25/h2-12,15-16H,13-14H2,1H3,(H2,25,27). The highest BCUT2D eigenvalue weighted by atomic mass is 16.5. The summed E-state index contributed by atoms with van der Waals surface area (Å²) in [7, 11) is 0. The quantitative estimate of drug-likeness (QED) is 0.468. The first-order valence-electron chi connectivity index (χ1n) is 9.78. The number of nitrogens with two attached hydrogens (primary N) is 1. The molecule has 1 atom stereocenters. The number of ether oxygens (including phenoxy) is 1. The van der Waals surface area contributed by atoms with E-state index in [9.17, 15) is 0 Å². The largest absolute Gasteiger partial charge is 0.382 e.